The van der Waals surface area contributed by atoms with E-state index in [9.17, 15) is 8.42 Å². The van der Waals surface area contributed by atoms with Crippen molar-refractivity contribution in [3.63, 3.8) is 0 Å². The highest BCUT2D eigenvalue weighted by atomic mass is 32.2. The van der Waals surface area contributed by atoms with E-state index in [2.05, 4.69) is 18.7 Å². The van der Waals surface area contributed by atoms with E-state index < -0.39 is 10.0 Å². The van der Waals surface area contributed by atoms with Crippen molar-refractivity contribution in [2.75, 3.05) is 26.2 Å². The van der Waals surface area contributed by atoms with Crippen LogP contribution in [0.3, 0.4) is 0 Å². The molecule has 1 heterocycles. The van der Waals surface area contributed by atoms with Crippen LogP contribution in [-0.4, -0.2) is 49.8 Å². The van der Waals surface area contributed by atoms with Gasteiger partial charge in [0.25, 0.3) is 0 Å². The summed E-state index contributed by atoms with van der Waals surface area (Å²) in [4.78, 5) is 2.83. The molecule has 0 amide bonds. The number of benzene rings is 1. The molecule has 0 aliphatic carbocycles. The van der Waals surface area contributed by atoms with E-state index in [1.54, 1.807) is 10.4 Å². The van der Waals surface area contributed by atoms with Gasteiger partial charge in [0, 0.05) is 32.2 Å². The molecular weight excluding hydrogens is 284 g/mol. The maximum atomic E-state index is 12.8. The van der Waals surface area contributed by atoms with Gasteiger partial charge in [0.15, 0.2) is 0 Å². The molecule has 0 N–H and O–H groups in total. The Morgan fingerprint density at radius 2 is 1.76 bits per heavy atom. The molecule has 0 spiro atoms. The average Bonchev–Trinajstić information content (AvgIpc) is 2.49. The first kappa shape index (κ1) is 16.5. The Kier molecular flexibility index (Phi) is 5.07. The molecule has 0 saturated carbocycles. The summed E-state index contributed by atoms with van der Waals surface area (Å²) in [5, 5.41) is 0. The molecular formula is C16H26N2O2S. The molecule has 1 aromatic rings. The fourth-order valence-corrected chi connectivity index (χ4v) is 4.50. The number of hydrogen-bond donors (Lipinski definition) is 0. The van der Waals surface area contributed by atoms with Crippen LogP contribution in [0.15, 0.2) is 23.1 Å². The lowest BCUT2D eigenvalue weighted by Gasteiger charge is -2.37. The molecule has 0 aromatic heterocycles. The lowest BCUT2D eigenvalue weighted by Crippen LogP contribution is -2.51. The van der Waals surface area contributed by atoms with E-state index in [1.165, 1.54) is 0 Å². The van der Waals surface area contributed by atoms with E-state index >= 15 is 0 Å². The van der Waals surface area contributed by atoms with E-state index in [-0.39, 0.29) is 0 Å². The SMILES string of the molecule is CCC(C)N1CCN(S(=O)(=O)c2cc(C)ccc2C)CC1. The van der Waals surface area contributed by atoms with Gasteiger partial charge in [-0.2, -0.15) is 4.31 Å². The van der Waals surface area contributed by atoms with Gasteiger partial charge in [0.05, 0.1) is 4.90 Å². The minimum Gasteiger partial charge on any atom is -0.298 e. The molecule has 1 fully saturated rings. The van der Waals surface area contributed by atoms with Crippen molar-refractivity contribution in [3.05, 3.63) is 29.3 Å². The Balaban J connectivity index is 2.17. The van der Waals surface area contributed by atoms with Crippen molar-refractivity contribution in [3.8, 4) is 0 Å². The maximum absolute atomic E-state index is 12.8. The minimum absolute atomic E-state index is 0.458. The second-order valence-electron chi connectivity index (χ2n) is 5.97. The molecule has 5 heteroatoms. The molecule has 0 radical (unpaired) electrons. The summed E-state index contributed by atoms with van der Waals surface area (Å²) in [7, 11) is -3.36. The van der Waals surface area contributed by atoms with Crippen LogP contribution in [0.1, 0.15) is 31.4 Å². The highest BCUT2D eigenvalue weighted by Gasteiger charge is 2.30. The van der Waals surface area contributed by atoms with Gasteiger partial charge >= 0.3 is 0 Å². The van der Waals surface area contributed by atoms with Crippen molar-refractivity contribution in [2.24, 2.45) is 0 Å². The predicted molar refractivity (Wildman–Crippen MR) is 86.0 cm³/mol. The predicted octanol–water partition coefficient (Wildman–Crippen LogP) is 2.41. The van der Waals surface area contributed by atoms with Crippen LogP contribution in [0.25, 0.3) is 0 Å². The molecule has 21 heavy (non-hydrogen) atoms. The van der Waals surface area contributed by atoms with Crippen molar-refractivity contribution in [1.29, 1.82) is 0 Å². The van der Waals surface area contributed by atoms with E-state index in [4.69, 9.17) is 0 Å². The monoisotopic (exact) mass is 310 g/mol. The molecule has 1 saturated heterocycles. The number of piperazine rings is 1. The summed E-state index contributed by atoms with van der Waals surface area (Å²) in [5.41, 5.74) is 1.81. The molecule has 1 aliphatic rings. The Labute approximate surface area is 128 Å². The zero-order valence-electron chi connectivity index (χ0n) is 13.5. The van der Waals surface area contributed by atoms with Crippen molar-refractivity contribution >= 4 is 10.0 Å². The Morgan fingerprint density at radius 3 is 2.33 bits per heavy atom. The molecule has 1 unspecified atom stereocenters. The number of hydrogen-bond acceptors (Lipinski definition) is 3. The number of sulfonamides is 1. The van der Waals surface area contributed by atoms with Gasteiger partial charge in [-0.3, -0.25) is 4.90 Å². The van der Waals surface area contributed by atoms with Crippen LogP contribution in [-0.2, 0) is 10.0 Å². The molecule has 1 aromatic carbocycles. The van der Waals surface area contributed by atoms with Gasteiger partial charge in [0.2, 0.25) is 10.0 Å². The first-order chi connectivity index (χ1) is 9.86. The molecule has 0 bridgehead atoms. The fraction of sp³-hybridized carbons (Fsp3) is 0.625. The molecule has 1 aliphatic heterocycles. The van der Waals surface area contributed by atoms with Gasteiger partial charge in [-0.15, -0.1) is 0 Å². The molecule has 118 valence electrons. The standard InChI is InChI=1S/C16H26N2O2S/c1-5-15(4)17-8-10-18(11-9-17)21(19,20)16-12-13(2)6-7-14(16)3/h6-7,12,15H,5,8-11H2,1-4H3. The zero-order valence-corrected chi connectivity index (χ0v) is 14.3. The van der Waals surface area contributed by atoms with E-state index in [0.29, 0.717) is 24.0 Å². The Bertz CT molecular complexity index is 590. The van der Waals surface area contributed by atoms with Crippen molar-refractivity contribution in [2.45, 2.75) is 45.1 Å². The number of nitrogens with zero attached hydrogens (tertiary/aromatic N) is 2. The second kappa shape index (κ2) is 6.46. The second-order valence-corrected chi connectivity index (χ2v) is 7.87. The van der Waals surface area contributed by atoms with Crippen LogP contribution in [0.5, 0.6) is 0 Å². The zero-order chi connectivity index (χ0) is 15.6. The Hall–Kier alpha value is -0.910. The topological polar surface area (TPSA) is 40.6 Å². The lowest BCUT2D eigenvalue weighted by atomic mass is 10.2. The minimum atomic E-state index is -3.36. The van der Waals surface area contributed by atoms with Crippen LogP contribution >= 0.6 is 0 Å². The highest BCUT2D eigenvalue weighted by Crippen LogP contribution is 2.23. The average molecular weight is 310 g/mol. The van der Waals surface area contributed by atoms with Gasteiger partial charge in [-0.05, 0) is 44.4 Å². The summed E-state index contributed by atoms with van der Waals surface area (Å²) in [6, 6.07) is 6.15. The third kappa shape index (κ3) is 3.47. The van der Waals surface area contributed by atoms with Gasteiger partial charge in [0.1, 0.15) is 0 Å². The van der Waals surface area contributed by atoms with Gasteiger partial charge < -0.3 is 0 Å². The summed E-state index contributed by atoms with van der Waals surface area (Å²) in [6.45, 7) is 11.0. The molecule has 2 rings (SSSR count). The third-order valence-electron chi connectivity index (χ3n) is 4.45. The van der Waals surface area contributed by atoms with Crippen LogP contribution in [0.2, 0.25) is 0 Å². The smallest absolute Gasteiger partial charge is 0.243 e. The Morgan fingerprint density at radius 1 is 1.14 bits per heavy atom. The maximum Gasteiger partial charge on any atom is 0.243 e. The fourth-order valence-electron chi connectivity index (χ4n) is 2.77. The van der Waals surface area contributed by atoms with Crippen molar-refractivity contribution in [1.82, 2.24) is 9.21 Å². The van der Waals surface area contributed by atoms with E-state index in [1.807, 2.05) is 26.0 Å². The van der Waals surface area contributed by atoms with Crippen molar-refractivity contribution < 1.29 is 8.42 Å². The highest BCUT2D eigenvalue weighted by molar-refractivity contribution is 7.89. The first-order valence-electron chi connectivity index (χ1n) is 7.67. The molecule has 4 nitrogen and oxygen atoms in total. The van der Waals surface area contributed by atoms with E-state index in [0.717, 1.165) is 30.6 Å². The number of rotatable bonds is 4. The van der Waals surface area contributed by atoms with Crippen LogP contribution in [0.4, 0.5) is 0 Å². The van der Waals surface area contributed by atoms with Crippen LogP contribution < -0.4 is 0 Å². The first-order valence-corrected chi connectivity index (χ1v) is 9.11. The summed E-state index contributed by atoms with van der Waals surface area (Å²) in [5.74, 6) is 0. The summed E-state index contributed by atoms with van der Waals surface area (Å²) in [6.07, 6.45) is 1.10. The largest absolute Gasteiger partial charge is 0.298 e. The van der Waals surface area contributed by atoms with Gasteiger partial charge in [-0.25, -0.2) is 8.42 Å². The normalized spacial score (nSPS) is 19.6. The summed E-state index contributed by atoms with van der Waals surface area (Å²) < 4.78 is 27.3. The molecule has 1 atom stereocenters. The van der Waals surface area contributed by atoms with Gasteiger partial charge in [-0.1, -0.05) is 19.1 Å². The summed E-state index contributed by atoms with van der Waals surface area (Å²) >= 11 is 0. The number of aryl methyl sites for hydroxylation is 2. The third-order valence-corrected chi connectivity index (χ3v) is 6.49. The lowest BCUT2D eigenvalue weighted by molar-refractivity contribution is 0.142. The van der Waals surface area contributed by atoms with Crippen LogP contribution in [0, 0.1) is 13.8 Å². The quantitative estimate of drug-likeness (QED) is 0.857.